The van der Waals surface area contributed by atoms with Crippen LogP contribution in [0.3, 0.4) is 0 Å². The van der Waals surface area contributed by atoms with E-state index in [-0.39, 0.29) is 31.8 Å². The minimum absolute atomic E-state index is 0. The van der Waals surface area contributed by atoms with Gasteiger partial charge in [0, 0.05) is 48.2 Å². The maximum absolute atomic E-state index is 12.5. The van der Waals surface area contributed by atoms with Crippen LogP contribution < -0.4 is 11.1 Å². The fourth-order valence-electron chi connectivity index (χ4n) is 5.12. The lowest BCUT2D eigenvalue weighted by atomic mass is 9.93. The summed E-state index contributed by atoms with van der Waals surface area (Å²) in [7, 11) is 0. The molecule has 1 aliphatic carbocycles. The van der Waals surface area contributed by atoms with Crippen molar-refractivity contribution >= 4 is 39.3 Å². The monoisotopic (exact) mass is 681 g/mol. The summed E-state index contributed by atoms with van der Waals surface area (Å²) >= 11 is 3.49. The van der Waals surface area contributed by atoms with E-state index in [0.717, 1.165) is 29.8 Å². The molecule has 45 heavy (non-hydrogen) atoms. The number of carbonyl (C=O) groups is 3. The lowest BCUT2D eigenvalue weighted by molar-refractivity contribution is -0.140. The van der Waals surface area contributed by atoms with Gasteiger partial charge in [-0.05, 0) is 53.0 Å². The van der Waals surface area contributed by atoms with E-state index in [1.165, 1.54) is 39.0 Å². The van der Waals surface area contributed by atoms with Gasteiger partial charge in [-0.15, -0.1) is 0 Å². The Morgan fingerprint density at radius 2 is 1.42 bits per heavy atom. The molecular formula is C36H48BrN3O5. The number of rotatable bonds is 13. The third-order valence-electron chi connectivity index (χ3n) is 7.49. The molecule has 3 aromatic carbocycles. The first-order valence-electron chi connectivity index (χ1n) is 15.3. The van der Waals surface area contributed by atoms with Gasteiger partial charge in [-0.3, -0.25) is 14.5 Å². The molecule has 1 fully saturated rings. The van der Waals surface area contributed by atoms with Gasteiger partial charge in [-0.1, -0.05) is 94.3 Å². The molecule has 1 saturated carbocycles. The summed E-state index contributed by atoms with van der Waals surface area (Å²) in [4.78, 5) is 37.5. The van der Waals surface area contributed by atoms with E-state index in [1.54, 1.807) is 6.07 Å². The maximum atomic E-state index is 12.5. The van der Waals surface area contributed by atoms with Gasteiger partial charge in [-0.2, -0.15) is 0 Å². The molecule has 0 radical (unpaired) electrons. The molecule has 0 bridgehead atoms. The molecule has 0 saturated heterocycles. The number of nitrogen functional groups attached to an aromatic ring is 1. The summed E-state index contributed by atoms with van der Waals surface area (Å²) in [5.74, 6) is -0.608. The first-order chi connectivity index (χ1) is 21.3. The van der Waals surface area contributed by atoms with Crippen molar-refractivity contribution in [1.29, 1.82) is 0 Å². The Hall–Kier alpha value is -3.53. The van der Waals surface area contributed by atoms with Crippen molar-refractivity contribution in [3.63, 3.8) is 0 Å². The van der Waals surface area contributed by atoms with Crippen molar-refractivity contribution in [2.75, 3.05) is 38.6 Å². The minimum Gasteiger partial charge on any atom is -0.465 e. The zero-order chi connectivity index (χ0) is 31.7. The molecule has 0 aliphatic heterocycles. The quantitative estimate of drug-likeness (QED) is 0.0855. The van der Waals surface area contributed by atoms with Gasteiger partial charge in [0.1, 0.15) is 13.2 Å². The fraction of sp³-hybridized carbons (Fsp3) is 0.417. The van der Waals surface area contributed by atoms with E-state index in [9.17, 15) is 14.4 Å². The highest BCUT2D eigenvalue weighted by atomic mass is 79.9. The average Bonchev–Trinajstić information content (AvgIpc) is 3.05. The van der Waals surface area contributed by atoms with Crippen LogP contribution >= 0.6 is 15.9 Å². The average molecular weight is 683 g/mol. The number of carbonyl (C=O) groups excluding carboxylic acids is 3. The molecule has 3 N–H and O–H groups in total. The molecule has 3 aromatic rings. The Morgan fingerprint density at radius 1 is 0.867 bits per heavy atom. The SMILES string of the molecule is C.CCN(Cc1cc(C(=O)OCCNCCOC(C)=O)cc(Br)c1N)C1CCCCC1.O=C(c1ccccc1)c1ccccc1. The first-order valence-corrected chi connectivity index (χ1v) is 16.1. The number of hydrogen-bond donors (Lipinski definition) is 2. The maximum Gasteiger partial charge on any atom is 0.338 e. The van der Waals surface area contributed by atoms with Gasteiger partial charge in [0.05, 0.1) is 11.3 Å². The molecule has 0 amide bonds. The van der Waals surface area contributed by atoms with Gasteiger partial charge in [0.2, 0.25) is 0 Å². The second-order valence-corrected chi connectivity index (χ2v) is 11.5. The smallest absolute Gasteiger partial charge is 0.338 e. The molecule has 0 aromatic heterocycles. The highest BCUT2D eigenvalue weighted by molar-refractivity contribution is 9.10. The first kappa shape index (κ1) is 37.7. The molecule has 0 atom stereocenters. The van der Waals surface area contributed by atoms with Crippen LogP contribution in [0.25, 0.3) is 0 Å². The van der Waals surface area contributed by atoms with Crippen molar-refractivity contribution in [3.8, 4) is 0 Å². The molecule has 0 unspecified atom stereocenters. The van der Waals surface area contributed by atoms with Crippen molar-refractivity contribution < 1.29 is 23.9 Å². The number of nitrogens with one attached hydrogen (secondary N) is 1. The highest BCUT2D eigenvalue weighted by Gasteiger charge is 2.22. The third kappa shape index (κ3) is 12.8. The highest BCUT2D eigenvalue weighted by Crippen LogP contribution is 2.30. The van der Waals surface area contributed by atoms with Crippen molar-refractivity contribution in [3.05, 3.63) is 99.5 Å². The van der Waals surface area contributed by atoms with E-state index >= 15 is 0 Å². The van der Waals surface area contributed by atoms with Gasteiger partial charge >= 0.3 is 11.9 Å². The van der Waals surface area contributed by atoms with Crippen LogP contribution in [0.5, 0.6) is 0 Å². The largest absolute Gasteiger partial charge is 0.465 e. The summed E-state index contributed by atoms with van der Waals surface area (Å²) in [5, 5.41) is 3.06. The van der Waals surface area contributed by atoms with Gasteiger partial charge in [0.15, 0.2) is 5.78 Å². The second-order valence-electron chi connectivity index (χ2n) is 10.7. The standard InChI is InChI=1S/C22H34BrN3O4.C13H10O.CH4/c1-3-26(19-7-5-4-6-8-19)15-18-13-17(14-20(23)21(18)24)22(28)30-12-10-25-9-11-29-16(2)27;14-13(11-7-3-1-4-8-11)12-9-5-2-6-10-12;/h13-14,19,25H,3-12,15,24H2,1-2H3;1-10H;1H4. The van der Waals surface area contributed by atoms with Crippen LogP contribution in [-0.4, -0.2) is 61.5 Å². The number of halogens is 1. The Bertz CT molecular complexity index is 1290. The van der Waals surface area contributed by atoms with E-state index < -0.39 is 0 Å². The van der Waals surface area contributed by atoms with Crippen LogP contribution in [0.15, 0.2) is 77.3 Å². The summed E-state index contributed by atoms with van der Waals surface area (Å²) in [6, 6.07) is 22.8. The molecule has 9 heteroatoms. The predicted molar refractivity (Wildman–Crippen MR) is 184 cm³/mol. The zero-order valence-corrected chi connectivity index (χ0v) is 27.3. The van der Waals surface area contributed by atoms with E-state index in [1.807, 2.05) is 66.7 Å². The number of benzene rings is 3. The number of nitrogens with zero attached hydrogens (tertiary/aromatic N) is 1. The number of anilines is 1. The molecule has 0 heterocycles. The molecule has 8 nitrogen and oxygen atoms in total. The molecule has 244 valence electrons. The Morgan fingerprint density at radius 3 is 1.96 bits per heavy atom. The van der Waals surface area contributed by atoms with E-state index in [4.69, 9.17) is 15.2 Å². The summed E-state index contributed by atoms with van der Waals surface area (Å²) in [6.07, 6.45) is 6.33. The lowest BCUT2D eigenvalue weighted by Gasteiger charge is -2.34. The molecule has 1 aliphatic rings. The van der Waals surface area contributed by atoms with Gasteiger partial charge in [-0.25, -0.2) is 4.79 Å². The van der Waals surface area contributed by atoms with E-state index in [0.29, 0.717) is 41.5 Å². The van der Waals surface area contributed by atoms with Crippen molar-refractivity contribution in [2.45, 2.75) is 66.0 Å². The molecule has 0 spiro atoms. The number of esters is 2. The number of ketones is 1. The van der Waals surface area contributed by atoms with Crippen molar-refractivity contribution in [1.82, 2.24) is 10.2 Å². The number of hydrogen-bond acceptors (Lipinski definition) is 8. The van der Waals surface area contributed by atoms with Crippen molar-refractivity contribution in [2.24, 2.45) is 0 Å². The summed E-state index contributed by atoms with van der Waals surface area (Å²) < 4.78 is 10.9. The predicted octanol–water partition coefficient (Wildman–Crippen LogP) is 7.05. The van der Waals surface area contributed by atoms with Crippen LogP contribution in [0.1, 0.15) is 85.2 Å². The second kappa shape index (κ2) is 20.5. The summed E-state index contributed by atoms with van der Waals surface area (Å²) in [5.41, 5.74) is 9.88. The normalized spacial score (nSPS) is 12.8. The third-order valence-corrected chi connectivity index (χ3v) is 8.15. The van der Waals surface area contributed by atoms with Gasteiger partial charge in [0.25, 0.3) is 0 Å². The van der Waals surface area contributed by atoms with Crippen LogP contribution in [0.2, 0.25) is 0 Å². The Labute approximate surface area is 276 Å². The van der Waals surface area contributed by atoms with Crippen LogP contribution in [0.4, 0.5) is 5.69 Å². The zero-order valence-electron chi connectivity index (χ0n) is 25.7. The number of ether oxygens (including phenoxy) is 2. The molecule has 4 rings (SSSR count). The van der Waals surface area contributed by atoms with E-state index in [2.05, 4.69) is 33.1 Å². The van der Waals surface area contributed by atoms with Gasteiger partial charge < -0.3 is 20.5 Å². The lowest BCUT2D eigenvalue weighted by Crippen LogP contribution is -2.36. The fourth-order valence-corrected chi connectivity index (χ4v) is 5.63. The molecular weight excluding hydrogens is 634 g/mol. The number of nitrogens with two attached hydrogens (primary N) is 1. The Kier molecular flexibility index (Phi) is 17.1. The van der Waals surface area contributed by atoms with Crippen LogP contribution in [0, 0.1) is 0 Å². The Balaban J connectivity index is 0.000000391. The topological polar surface area (TPSA) is 111 Å². The summed E-state index contributed by atoms with van der Waals surface area (Å²) in [6.45, 7) is 6.76. The minimum atomic E-state index is -0.376. The van der Waals surface area contributed by atoms with Crippen LogP contribution in [-0.2, 0) is 20.8 Å².